The van der Waals surface area contributed by atoms with Gasteiger partial charge in [-0.25, -0.2) is 18.0 Å². The van der Waals surface area contributed by atoms with Gasteiger partial charge in [0.15, 0.2) is 0 Å². The van der Waals surface area contributed by atoms with Crippen LogP contribution in [0.2, 0.25) is 0 Å². The highest BCUT2D eigenvalue weighted by Gasteiger charge is 2.30. The van der Waals surface area contributed by atoms with Crippen molar-refractivity contribution < 1.29 is 22.4 Å². The van der Waals surface area contributed by atoms with Crippen LogP contribution in [0, 0.1) is 19.8 Å². The van der Waals surface area contributed by atoms with Gasteiger partial charge in [0, 0.05) is 17.5 Å². The molecule has 32 heavy (non-hydrogen) atoms. The van der Waals surface area contributed by atoms with E-state index in [9.17, 15) is 18.0 Å². The van der Waals surface area contributed by atoms with Gasteiger partial charge in [-0.05, 0) is 55.5 Å². The van der Waals surface area contributed by atoms with E-state index in [4.69, 9.17) is 9.15 Å². The Hall–Kier alpha value is -2.97. The molecule has 0 aliphatic heterocycles. The molecule has 0 radical (unpaired) electrons. The summed E-state index contributed by atoms with van der Waals surface area (Å²) in [5.74, 6) is -0.868. The second kappa shape index (κ2) is 9.26. The predicted molar refractivity (Wildman–Crippen MR) is 122 cm³/mol. The molecular weight excluding hydrogens is 430 g/mol. The lowest BCUT2D eigenvalue weighted by atomic mass is 10.0. The van der Waals surface area contributed by atoms with Crippen molar-refractivity contribution in [2.45, 2.75) is 52.0 Å². The van der Waals surface area contributed by atoms with E-state index in [0.29, 0.717) is 12.0 Å². The van der Waals surface area contributed by atoms with Gasteiger partial charge in [-0.15, -0.1) is 0 Å². The zero-order valence-electron chi connectivity index (χ0n) is 18.8. The SMILES string of the molecule is CCc1cc2c(C)cc(=O)oc2cc1OC(=O)C(NS(=O)(=O)c1ccc(C)cc1)C(C)C. The molecular formula is C24H27NO6S. The van der Waals surface area contributed by atoms with Gasteiger partial charge in [0.2, 0.25) is 10.0 Å². The summed E-state index contributed by atoms with van der Waals surface area (Å²) in [7, 11) is -3.93. The van der Waals surface area contributed by atoms with E-state index < -0.39 is 27.7 Å². The van der Waals surface area contributed by atoms with Crippen molar-refractivity contribution in [1.29, 1.82) is 0 Å². The van der Waals surface area contributed by atoms with Crippen molar-refractivity contribution in [3.63, 3.8) is 0 Å². The predicted octanol–water partition coefficient (Wildman–Crippen LogP) is 3.88. The highest BCUT2D eigenvalue weighted by molar-refractivity contribution is 7.89. The van der Waals surface area contributed by atoms with Crippen LogP contribution in [0.5, 0.6) is 5.75 Å². The molecule has 7 nitrogen and oxygen atoms in total. The monoisotopic (exact) mass is 457 g/mol. The van der Waals surface area contributed by atoms with Gasteiger partial charge < -0.3 is 9.15 Å². The Balaban J connectivity index is 1.93. The molecule has 2 aromatic carbocycles. The van der Waals surface area contributed by atoms with Gasteiger partial charge in [0.25, 0.3) is 0 Å². The molecule has 0 bridgehead atoms. The summed E-state index contributed by atoms with van der Waals surface area (Å²) >= 11 is 0. The molecule has 8 heteroatoms. The second-order valence-electron chi connectivity index (χ2n) is 8.14. The molecule has 1 aromatic heterocycles. The third-order valence-corrected chi connectivity index (χ3v) is 6.71. The molecule has 3 aromatic rings. The van der Waals surface area contributed by atoms with Gasteiger partial charge >= 0.3 is 11.6 Å². The second-order valence-corrected chi connectivity index (χ2v) is 9.85. The van der Waals surface area contributed by atoms with Gasteiger partial charge in [0.1, 0.15) is 17.4 Å². The fraction of sp³-hybridized carbons (Fsp3) is 0.333. The summed E-state index contributed by atoms with van der Waals surface area (Å²) in [6.07, 6.45) is 0.568. The van der Waals surface area contributed by atoms with E-state index in [1.165, 1.54) is 24.3 Å². The fourth-order valence-electron chi connectivity index (χ4n) is 3.34. The zero-order chi connectivity index (χ0) is 23.6. The smallest absolute Gasteiger partial charge is 0.336 e. The third kappa shape index (κ3) is 5.08. The molecule has 170 valence electrons. The maximum Gasteiger partial charge on any atom is 0.336 e. The van der Waals surface area contributed by atoms with Crippen molar-refractivity contribution >= 4 is 27.0 Å². The normalized spacial score (nSPS) is 12.8. The lowest BCUT2D eigenvalue weighted by Crippen LogP contribution is -2.46. The molecule has 1 atom stereocenters. The number of nitrogens with one attached hydrogen (secondary N) is 1. The van der Waals surface area contributed by atoms with E-state index in [2.05, 4.69) is 4.72 Å². The lowest BCUT2D eigenvalue weighted by Gasteiger charge is -2.21. The molecule has 0 aliphatic carbocycles. The first-order valence-electron chi connectivity index (χ1n) is 10.4. The minimum Gasteiger partial charge on any atom is -0.425 e. The van der Waals surface area contributed by atoms with Crippen LogP contribution in [0.1, 0.15) is 37.5 Å². The van der Waals surface area contributed by atoms with Crippen LogP contribution in [0.3, 0.4) is 0 Å². The number of carbonyl (C=O) groups is 1. The van der Waals surface area contributed by atoms with Gasteiger partial charge in [0.05, 0.1) is 4.90 Å². The van der Waals surface area contributed by atoms with Gasteiger partial charge in [-0.2, -0.15) is 4.72 Å². The molecule has 0 aliphatic rings. The molecule has 1 N–H and O–H groups in total. The molecule has 0 saturated carbocycles. The van der Waals surface area contributed by atoms with Crippen LogP contribution in [0.4, 0.5) is 0 Å². The number of hydrogen-bond acceptors (Lipinski definition) is 6. The topological polar surface area (TPSA) is 103 Å². The summed E-state index contributed by atoms with van der Waals surface area (Å²) < 4.78 is 39.0. The summed E-state index contributed by atoms with van der Waals surface area (Å²) in [5.41, 5.74) is 2.23. The standard InChI is InChI=1S/C24H27NO6S/c1-6-17-12-19-16(5)11-22(26)30-21(19)13-20(17)31-24(27)23(14(2)3)25-32(28,29)18-9-7-15(4)8-10-18/h7-14,23,25H,6H2,1-5H3. The maximum atomic E-state index is 13.0. The number of hydrogen-bond donors (Lipinski definition) is 1. The summed E-state index contributed by atoms with van der Waals surface area (Å²) in [6, 6.07) is 9.98. The number of sulfonamides is 1. The number of esters is 1. The highest BCUT2D eigenvalue weighted by Crippen LogP contribution is 2.28. The number of fused-ring (bicyclic) bond motifs is 1. The zero-order valence-corrected chi connectivity index (χ0v) is 19.6. The number of aryl methyl sites for hydroxylation is 3. The average molecular weight is 458 g/mol. The van der Waals surface area contributed by atoms with Gasteiger partial charge in [-0.3, -0.25) is 0 Å². The van der Waals surface area contributed by atoms with E-state index in [0.717, 1.165) is 22.1 Å². The quantitative estimate of drug-likeness (QED) is 0.328. The molecule has 1 unspecified atom stereocenters. The first-order chi connectivity index (χ1) is 15.0. The van der Waals surface area contributed by atoms with E-state index in [1.807, 2.05) is 19.9 Å². The Morgan fingerprint density at radius 3 is 2.34 bits per heavy atom. The molecule has 0 amide bonds. The number of carbonyl (C=O) groups excluding carboxylic acids is 1. The van der Waals surface area contributed by atoms with Crippen LogP contribution in [-0.2, 0) is 21.2 Å². The summed E-state index contributed by atoms with van der Waals surface area (Å²) in [5, 5.41) is 0.752. The Kier molecular flexibility index (Phi) is 6.85. The van der Waals surface area contributed by atoms with Gasteiger partial charge in [-0.1, -0.05) is 38.5 Å². The van der Waals surface area contributed by atoms with E-state index >= 15 is 0 Å². The summed E-state index contributed by atoms with van der Waals surface area (Å²) in [4.78, 5) is 24.8. The Bertz CT molecular complexity index is 1310. The largest absolute Gasteiger partial charge is 0.425 e. The Morgan fingerprint density at radius 1 is 1.09 bits per heavy atom. The van der Waals surface area contributed by atoms with Crippen LogP contribution in [0.15, 0.2) is 56.6 Å². The van der Waals surface area contributed by atoms with Crippen LogP contribution in [-0.4, -0.2) is 20.4 Å². The van der Waals surface area contributed by atoms with Crippen molar-refractivity contribution in [2.75, 3.05) is 0 Å². The van der Waals surface area contributed by atoms with Crippen LogP contribution >= 0.6 is 0 Å². The average Bonchev–Trinajstić information content (AvgIpc) is 2.71. The summed E-state index contributed by atoms with van der Waals surface area (Å²) in [6.45, 7) is 9.03. The van der Waals surface area contributed by atoms with Crippen LogP contribution in [0.25, 0.3) is 11.0 Å². The minimum atomic E-state index is -3.93. The van der Waals surface area contributed by atoms with Crippen molar-refractivity contribution in [2.24, 2.45) is 5.92 Å². The highest BCUT2D eigenvalue weighted by atomic mass is 32.2. The van der Waals surface area contributed by atoms with Crippen molar-refractivity contribution in [3.8, 4) is 5.75 Å². The third-order valence-electron chi connectivity index (χ3n) is 5.26. The van der Waals surface area contributed by atoms with Crippen molar-refractivity contribution in [3.05, 3.63) is 69.6 Å². The minimum absolute atomic E-state index is 0.0683. The van der Waals surface area contributed by atoms with Crippen LogP contribution < -0.4 is 15.1 Å². The number of benzene rings is 2. The molecule has 1 heterocycles. The maximum absolute atomic E-state index is 13.0. The Labute approximate surface area is 187 Å². The molecule has 3 rings (SSSR count). The molecule has 0 saturated heterocycles. The fourth-order valence-corrected chi connectivity index (χ4v) is 4.68. The van der Waals surface area contributed by atoms with Crippen molar-refractivity contribution in [1.82, 2.24) is 4.72 Å². The Morgan fingerprint density at radius 2 is 1.75 bits per heavy atom. The first kappa shape index (κ1) is 23.7. The van der Waals surface area contributed by atoms with E-state index in [1.54, 1.807) is 32.9 Å². The molecule has 0 spiro atoms. The lowest BCUT2D eigenvalue weighted by molar-refractivity contribution is -0.137. The first-order valence-corrected chi connectivity index (χ1v) is 11.9. The number of rotatable bonds is 7. The molecule has 0 fully saturated rings. The number of ether oxygens (including phenoxy) is 1. The van der Waals surface area contributed by atoms with E-state index in [-0.39, 0.29) is 16.6 Å².